The van der Waals surface area contributed by atoms with Crippen molar-refractivity contribution in [1.82, 2.24) is 5.48 Å². The lowest BCUT2D eigenvalue weighted by molar-refractivity contribution is -0.158. The van der Waals surface area contributed by atoms with Crippen molar-refractivity contribution in [2.24, 2.45) is 0 Å². The number of amides is 1. The molecule has 6 heteroatoms. The van der Waals surface area contributed by atoms with Crippen LogP contribution in [-0.4, -0.2) is 24.5 Å². The van der Waals surface area contributed by atoms with Gasteiger partial charge >= 0.3 is 11.9 Å². The lowest BCUT2D eigenvalue weighted by Gasteiger charge is -2.18. The molecule has 156 valence electrons. The Balaban J connectivity index is 1.92. The van der Waals surface area contributed by atoms with Crippen molar-refractivity contribution in [2.75, 3.05) is 6.61 Å². The maximum absolute atomic E-state index is 12.6. The van der Waals surface area contributed by atoms with Crippen LogP contribution in [0.4, 0.5) is 0 Å². The highest BCUT2D eigenvalue weighted by Crippen LogP contribution is 2.30. The van der Waals surface area contributed by atoms with Crippen LogP contribution < -0.4 is 5.48 Å². The molecular formula is C23H29NO5. The SMILES string of the molecule is CCOC(=O)C(CCCCCC(=O)NOC(=O)CC)c1cccc2ccccc12. The zero-order valence-electron chi connectivity index (χ0n) is 17.1. The van der Waals surface area contributed by atoms with E-state index in [4.69, 9.17) is 4.74 Å². The molecule has 0 spiro atoms. The number of nitrogens with one attached hydrogen (secondary N) is 1. The lowest BCUT2D eigenvalue weighted by Crippen LogP contribution is -2.26. The molecule has 2 aromatic carbocycles. The molecule has 0 aliphatic carbocycles. The monoisotopic (exact) mass is 399 g/mol. The van der Waals surface area contributed by atoms with Gasteiger partial charge in [-0.1, -0.05) is 62.2 Å². The zero-order valence-corrected chi connectivity index (χ0v) is 17.1. The molecule has 29 heavy (non-hydrogen) atoms. The fourth-order valence-electron chi connectivity index (χ4n) is 3.25. The summed E-state index contributed by atoms with van der Waals surface area (Å²) in [5, 5.41) is 2.16. The van der Waals surface area contributed by atoms with Crippen LogP contribution in [0.1, 0.15) is 63.9 Å². The number of rotatable bonds is 10. The zero-order chi connectivity index (χ0) is 21.1. The van der Waals surface area contributed by atoms with Crippen molar-refractivity contribution in [3.63, 3.8) is 0 Å². The van der Waals surface area contributed by atoms with E-state index in [-0.39, 0.29) is 30.6 Å². The molecule has 0 heterocycles. The lowest BCUT2D eigenvalue weighted by atomic mass is 9.89. The van der Waals surface area contributed by atoms with E-state index in [2.05, 4.69) is 10.3 Å². The quantitative estimate of drug-likeness (QED) is 0.363. The molecule has 2 aromatic rings. The number of fused-ring (bicyclic) bond motifs is 1. The Bertz CT molecular complexity index is 828. The van der Waals surface area contributed by atoms with Crippen LogP contribution in [0.5, 0.6) is 0 Å². The Morgan fingerprint density at radius 3 is 2.48 bits per heavy atom. The van der Waals surface area contributed by atoms with Crippen LogP contribution in [0, 0.1) is 0 Å². The summed E-state index contributed by atoms with van der Waals surface area (Å²) >= 11 is 0. The number of hydrogen-bond donors (Lipinski definition) is 1. The fourth-order valence-corrected chi connectivity index (χ4v) is 3.25. The predicted molar refractivity (Wildman–Crippen MR) is 111 cm³/mol. The molecule has 1 amide bonds. The van der Waals surface area contributed by atoms with Crippen molar-refractivity contribution in [2.45, 2.75) is 58.3 Å². The normalized spacial score (nSPS) is 11.7. The van der Waals surface area contributed by atoms with Gasteiger partial charge in [-0.25, -0.2) is 4.79 Å². The number of ether oxygens (including phenoxy) is 1. The first kappa shape index (κ1) is 22.4. The van der Waals surface area contributed by atoms with E-state index in [1.165, 1.54) is 0 Å². The number of benzene rings is 2. The van der Waals surface area contributed by atoms with Crippen molar-refractivity contribution >= 4 is 28.6 Å². The molecule has 1 unspecified atom stereocenters. The molecule has 0 aromatic heterocycles. The minimum absolute atomic E-state index is 0.212. The summed E-state index contributed by atoms with van der Waals surface area (Å²) in [6.07, 6.45) is 3.36. The topological polar surface area (TPSA) is 81.7 Å². The number of unbranched alkanes of at least 4 members (excludes halogenated alkanes) is 2. The van der Waals surface area contributed by atoms with E-state index in [0.29, 0.717) is 19.4 Å². The summed E-state index contributed by atoms with van der Waals surface area (Å²) in [5.74, 6) is -1.33. The molecule has 0 radical (unpaired) electrons. The Labute approximate surface area is 171 Å². The summed E-state index contributed by atoms with van der Waals surface area (Å²) in [7, 11) is 0. The highest BCUT2D eigenvalue weighted by atomic mass is 16.7. The third-order valence-electron chi connectivity index (χ3n) is 4.73. The molecule has 1 atom stereocenters. The van der Waals surface area contributed by atoms with Gasteiger partial charge in [-0.15, -0.1) is 0 Å². The number of hydroxylamine groups is 1. The van der Waals surface area contributed by atoms with Gasteiger partial charge in [-0.2, -0.15) is 5.48 Å². The number of carbonyl (C=O) groups excluding carboxylic acids is 3. The van der Waals surface area contributed by atoms with Crippen LogP contribution in [0.15, 0.2) is 42.5 Å². The van der Waals surface area contributed by atoms with Crippen LogP contribution in [0.25, 0.3) is 10.8 Å². The Kier molecular flexibility index (Phi) is 9.15. The first-order valence-electron chi connectivity index (χ1n) is 10.2. The Hall–Kier alpha value is -2.89. The second-order valence-corrected chi connectivity index (χ2v) is 6.83. The first-order chi connectivity index (χ1) is 14.1. The minimum atomic E-state index is -0.467. The summed E-state index contributed by atoms with van der Waals surface area (Å²) in [5.41, 5.74) is 3.13. The molecule has 2 rings (SSSR count). The van der Waals surface area contributed by atoms with E-state index < -0.39 is 5.97 Å². The van der Waals surface area contributed by atoms with Crippen molar-refractivity contribution in [3.8, 4) is 0 Å². The second kappa shape index (κ2) is 11.8. The van der Waals surface area contributed by atoms with Crippen LogP contribution in [0.3, 0.4) is 0 Å². The average Bonchev–Trinajstić information content (AvgIpc) is 2.74. The van der Waals surface area contributed by atoms with Crippen molar-refractivity contribution in [3.05, 3.63) is 48.0 Å². The van der Waals surface area contributed by atoms with Gasteiger partial charge in [0.15, 0.2) is 0 Å². The maximum atomic E-state index is 12.6. The van der Waals surface area contributed by atoms with Gasteiger partial charge in [0.2, 0.25) is 0 Å². The molecule has 1 N–H and O–H groups in total. The molecular weight excluding hydrogens is 370 g/mol. The van der Waals surface area contributed by atoms with Gasteiger partial charge in [0.25, 0.3) is 5.91 Å². The van der Waals surface area contributed by atoms with E-state index in [1.54, 1.807) is 6.92 Å². The predicted octanol–water partition coefficient (Wildman–Crippen LogP) is 4.42. The Morgan fingerprint density at radius 2 is 1.72 bits per heavy atom. The van der Waals surface area contributed by atoms with Gasteiger partial charge in [-0.05, 0) is 36.1 Å². The van der Waals surface area contributed by atoms with Gasteiger partial charge < -0.3 is 9.57 Å². The van der Waals surface area contributed by atoms with Crippen molar-refractivity contribution in [1.29, 1.82) is 0 Å². The number of esters is 1. The van der Waals surface area contributed by atoms with Gasteiger partial charge in [0, 0.05) is 12.8 Å². The molecule has 0 bridgehead atoms. The van der Waals surface area contributed by atoms with Crippen molar-refractivity contribution < 1.29 is 24.0 Å². The van der Waals surface area contributed by atoms with Crippen LogP contribution >= 0.6 is 0 Å². The summed E-state index contributed by atoms with van der Waals surface area (Å²) < 4.78 is 5.32. The van der Waals surface area contributed by atoms with E-state index in [9.17, 15) is 14.4 Å². The fraction of sp³-hybridized carbons (Fsp3) is 0.435. The van der Waals surface area contributed by atoms with Gasteiger partial charge in [0.1, 0.15) is 0 Å². The van der Waals surface area contributed by atoms with E-state index in [1.807, 2.05) is 49.4 Å². The largest absolute Gasteiger partial charge is 0.466 e. The summed E-state index contributed by atoms with van der Waals surface area (Å²) in [4.78, 5) is 39.9. The Morgan fingerprint density at radius 1 is 0.966 bits per heavy atom. The summed E-state index contributed by atoms with van der Waals surface area (Å²) in [6.45, 7) is 3.81. The smallest absolute Gasteiger partial charge is 0.331 e. The minimum Gasteiger partial charge on any atom is -0.466 e. The first-order valence-corrected chi connectivity index (χ1v) is 10.2. The summed E-state index contributed by atoms with van der Waals surface area (Å²) in [6, 6.07) is 14.0. The number of carbonyl (C=O) groups is 3. The second-order valence-electron chi connectivity index (χ2n) is 6.83. The third kappa shape index (κ3) is 6.89. The average molecular weight is 399 g/mol. The number of hydrogen-bond acceptors (Lipinski definition) is 5. The van der Waals surface area contributed by atoms with Crippen LogP contribution in [0.2, 0.25) is 0 Å². The highest BCUT2D eigenvalue weighted by Gasteiger charge is 2.23. The van der Waals surface area contributed by atoms with E-state index >= 15 is 0 Å². The third-order valence-corrected chi connectivity index (χ3v) is 4.73. The molecule has 6 nitrogen and oxygen atoms in total. The maximum Gasteiger partial charge on any atom is 0.331 e. The molecule has 0 fully saturated rings. The van der Waals surface area contributed by atoms with Gasteiger partial charge in [-0.3, -0.25) is 9.59 Å². The standard InChI is InChI=1S/C23H29NO5/c1-3-22(26)29-24-21(25)16-7-5-6-14-20(23(27)28-4-2)19-15-10-12-17-11-8-9-13-18(17)19/h8-13,15,20H,3-7,14,16H2,1-2H3,(H,24,25). The highest BCUT2D eigenvalue weighted by molar-refractivity contribution is 5.91. The molecule has 0 aliphatic rings. The van der Waals surface area contributed by atoms with Crippen LogP contribution in [-0.2, 0) is 24.0 Å². The molecule has 0 aliphatic heterocycles. The van der Waals surface area contributed by atoms with E-state index in [0.717, 1.165) is 29.2 Å². The van der Waals surface area contributed by atoms with Gasteiger partial charge in [0.05, 0.1) is 12.5 Å². The molecule has 0 saturated carbocycles. The molecule has 0 saturated heterocycles.